The van der Waals surface area contributed by atoms with Crippen molar-refractivity contribution in [1.82, 2.24) is 20.2 Å². The van der Waals surface area contributed by atoms with E-state index in [-0.39, 0.29) is 5.91 Å². The van der Waals surface area contributed by atoms with Crippen LogP contribution in [-0.2, 0) is 0 Å². The molecular formula is C28H28N8O. The molecule has 0 unspecified atom stereocenters. The smallest absolute Gasteiger partial charge is 0.256 e. The second-order valence-electron chi connectivity index (χ2n) is 8.64. The number of amides is 1. The number of anilines is 4. The van der Waals surface area contributed by atoms with Crippen molar-refractivity contribution >= 4 is 35.1 Å². The second kappa shape index (κ2) is 12.8. The summed E-state index contributed by atoms with van der Waals surface area (Å²) in [5.41, 5.74) is 3.23. The van der Waals surface area contributed by atoms with Gasteiger partial charge in [-0.1, -0.05) is 12.1 Å². The number of hydrogen-bond donors (Lipinski definition) is 3. The van der Waals surface area contributed by atoms with Crippen LogP contribution in [0.25, 0.3) is 6.08 Å². The number of carbonyl (C=O) groups excluding carboxylic acids is 1. The van der Waals surface area contributed by atoms with Crippen LogP contribution in [0.4, 0.5) is 23.1 Å². The van der Waals surface area contributed by atoms with Crippen molar-refractivity contribution < 1.29 is 4.79 Å². The van der Waals surface area contributed by atoms with E-state index in [4.69, 9.17) is 10.5 Å². The molecule has 1 aliphatic heterocycles. The van der Waals surface area contributed by atoms with Gasteiger partial charge >= 0.3 is 0 Å². The van der Waals surface area contributed by atoms with Crippen LogP contribution in [0, 0.1) is 22.7 Å². The summed E-state index contributed by atoms with van der Waals surface area (Å²) in [5, 5.41) is 27.1. The van der Waals surface area contributed by atoms with E-state index in [1.807, 2.05) is 30.3 Å². The third-order valence-electron chi connectivity index (χ3n) is 5.96. The van der Waals surface area contributed by atoms with E-state index in [1.54, 1.807) is 30.3 Å². The molecular weight excluding hydrogens is 464 g/mol. The first kappa shape index (κ1) is 25.4. The molecule has 2 aromatic carbocycles. The maximum Gasteiger partial charge on any atom is 0.256 e. The van der Waals surface area contributed by atoms with Crippen molar-refractivity contribution in [3.63, 3.8) is 0 Å². The van der Waals surface area contributed by atoms with Gasteiger partial charge in [0.1, 0.15) is 11.4 Å². The van der Waals surface area contributed by atoms with Gasteiger partial charge in [0.15, 0.2) is 0 Å². The maximum atomic E-state index is 13.0. The van der Waals surface area contributed by atoms with E-state index < -0.39 is 0 Å². The number of rotatable bonds is 10. The summed E-state index contributed by atoms with van der Waals surface area (Å²) in [6, 6.07) is 18.4. The van der Waals surface area contributed by atoms with Crippen molar-refractivity contribution in [1.29, 1.82) is 10.5 Å². The lowest BCUT2D eigenvalue weighted by atomic mass is 10.2. The molecule has 9 heteroatoms. The molecule has 3 aromatic rings. The SMILES string of the molecule is N#C/C=C/c1ccc(Nc2nc(Nc3ccc(C#N)cc3)ncc2C(=O)NCCCN2CCCC2)cc1. The van der Waals surface area contributed by atoms with Gasteiger partial charge in [-0.2, -0.15) is 15.5 Å². The summed E-state index contributed by atoms with van der Waals surface area (Å²) in [6.45, 7) is 3.81. The number of allylic oxidation sites excluding steroid dienone is 1. The molecule has 1 amide bonds. The largest absolute Gasteiger partial charge is 0.352 e. The number of likely N-dealkylation sites (tertiary alicyclic amines) is 1. The second-order valence-corrected chi connectivity index (χ2v) is 8.64. The van der Waals surface area contributed by atoms with Crippen LogP contribution >= 0.6 is 0 Å². The molecule has 0 saturated carbocycles. The first-order valence-electron chi connectivity index (χ1n) is 12.2. The summed E-state index contributed by atoms with van der Waals surface area (Å²) >= 11 is 0. The molecule has 4 rings (SSSR count). The zero-order valence-electron chi connectivity index (χ0n) is 20.4. The van der Waals surface area contributed by atoms with Gasteiger partial charge in [0.05, 0.1) is 17.7 Å². The van der Waals surface area contributed by atoms with Gasteiger partial charge in [-0.05, 0) is 86.9 Å². The lowest BCUT2D eigenvalue weighted by Crippen LogP contribution is -2.29. The van der Waals surface area contributed by atoms with E-state index in [0.717, 1.165) is 43.0 Å². The number of hydrogen-bond acceptors (Lipinski definition) is 8. The molecule has 0 aliphatic carbocycles. The predicted molar refractivity (Wildman–Crippen MR) is 143 cm³/mol. The molecule has 9 nitrogen and oxygen atoms in total. The Morgan fingerprint density at radius 1 is 1.00 bits per heavy atom. The van der Waals surface area contributed by atoms with E-state index >= 15 is 0 Å². The molecule has 0 radical (unpaired) electrons. The number of aromatic nitrogens is 2. The third kappa shape index (κ3) is 7.38. The zero-order chi connectivity index (χ0) is 25.9. The van der Waals surface area contributed by atoms with Crippen LogP contribution in [0.1, 0.15) is 40.7 Å². The van der Waals surface area contributed by atoms with Crippen LogP contribution in [0.3, 0.4) is 0 Å². The molecule has 0 atom stereocenters. The lowest BCUT2D eigenvalue weighted by molar-refractivity contribution is 0.0952. The van der Waals surface area contributed by atoms with Gasteiger partial charge in [-0.3, -0.25) is 4.79 Å². The molecule has 2 heterocycles. The van der Waals surface area contributed by atoms with Gasteiger partial charge < -0.3 is 20.9 Å². The van der Waals surface area contributed by atoms with Crippen LogP contribution < -0.4 is 16.0 Å². The van der Waals surface area contributed by atoms with Crippen LogP contribution in [0.2, 0.25) is 0 Å². The van der Waals surface area contributed by atoms with Crippen molar-refractivity contribution in [3.8, 4) is 12.1 Å². The molecule has 37 heavy (non-hydrogen) atoms. The molecule has 0 bridgehead atoms. The third-order valence-corrected chi connectivity index (χ3v) is 5.96. The highest BCUT2D eigenvalue weighted by Crippen LogP contribution is 2.22. The average molecular weight is 493 g/mol. The molecule has 3 N–H and O–H groups in total. The van der Waals surface area contributed by atoms with Crippen molar-refractivity contribution in [2.45, 2.75) is 19.3 Å². The fourth-order valence-electron chi connectivity index (χ4n) is 4.01. The van der Waals surface area contributed by atoms with Crippen molar-refractivity contribution in [3.05, 3.63) is 77.5 Å². The molecule has 1 fully saturated rings. The van der Waals surface area contributed by atoms with Gasteiger partial charge in [0.2, 0.25) is 5.95 Å². The topological polar surface area (TPSA) is 130 Å². The Bertz CT molecular complexity index is 1310. The highest BCUT2D eigenvalue weighted by Gasteiger charge is 2.16. The normalized spacial score (nSPS) is 13.1. The van der Waals surface area contributed by atoms with Gasteiger partial charge in [0, 0.05) is 30.2 Å². The summed E-state index contributed by atoms with van der Waals surface area (Å²) in [7, 11) is 0. The summed E-state index contributed by atoms with van der Waals surface area (Å²) in [6.07, 6.45) is 8.01. The monoisotopic (exact) mass is 492 g/mol. The van der Waals surface area contributed by atoms with Gasteiger partial charge in [-0.25, -0.2) is 4.98 Å². The van der Waals surface area contributed by atoms with E-state index in [1.165, 1.54) is 25.1 Å². The number of nitrogens with zero attached hydrogens (tertiary/aromatic N) is 5. The Morgan fingerprint density at radius 2 is 1.70 bits per heavy atom. The summed E-state index contributed by atoms with van der Waals surface area (Å²) in [5.74, 6) is 0.428. The molecule has 1 aromatic heterocycles. The highest BCUT2D eigenvalue weighted by atomic mass is 16.1. The maximum absolute atomic E-state index is 13.0. The van der Waals surface area contributed by atoms with Gasteiger partial charge in [-0.15, -0.1) is 0 Å². The Kier molecular flexibility index (Phi) is 8.79. The Morgan fingerprint density at radius 3 is 2.41 bits per heavy atom. The number of benzene rings is 2. The van der Waals surface area contributed by atoms with Crippen LogP contribution in [0.15, 0.2) is 60.8 Å². The van der Waals surface area contributed by atoms with Crippen LogP contribution in [0.5, 0.6) is 0 Å². The number of carbonyl (C=O) groups is 1. The highest BCUT2D eigenvalue weighted by molar-refractivity contribution is 5.99. The Labute approximate surface area is 216 Å². The first-order valence-corrected chi connectivity index (χ1v) is 12.2. The van der Waals surface area contributed by atoms with E-state index in [9.17, 15) is 4.79 Å². The molecule has 186 valence electrons. The minimum Gasteiger partial charge on any atom is -0.352 e. The van der Waals surface area contributed by atoms with E-state index in [0.29, 0.717) is 29.4 Å². The first-order chi connectivity index (χ1) is 18.1. The number of nitrogens with one attached hydrogen (secondary N) is 3. The molecule has 1 saturated heterocycles. The van der Waals surface area contributed by atoms with Gasteiger partial charge in [0.25, 0.3) is 5.91 Å². The molecule has 1 aliphatic rings. The molecule has 0 spiro atoms. The number of nitriles is 2. The lowest BCUT2D eigenvalue weighted by Gasteiger charge is -2.15. The van der Waals surface area contributed by atoms with Crippen LogP contribution in [-0.4, -0.2) is 47.0 Å². The Balaban J connectivity index is 1.49. The zero-order valence-corrected chi connectivity index (χ0v) is 20.4. The van der Waals surface area contributed by atoms with Crippen molar-refractivity contribution in [2.24, 2.45) is 0 Å². The Hall–Kier alpha value is -4.73. The summed E-state index contributed by atoms with van der Waals surface area (Å²) in [4.78, 5) is 24.4. The minimum absolute atomic E-state index is 0.248. The fraction of sp³-hybridized carbons (Fsp3) is 0.250. The van der Waals surface area contributed by atoms with Crippen molar-refractivity contribution in [2.75, 3.05) is 36.8 Å². The quantitative estimate of drug-likeness (QED) is 0.277. The summed E-state index contributed by atoms with van der Waals surface area (Å²) < 4.78 is 0. The standard InChI is InChI=1S/C28H28N8O/c29-14-3-5-21-6-10-23(11-7-21)33-26-25(27(37)31-15-4-18-36-16-1-2-17-36)20-32-28(35-26)34-24-12-8-22(19-30)9-13-24/h3,5-13,20H,1-2,4,15-18H2,(H,31,37)(H2,32,33,34,35)/b5-3+. The minimum atomic E-state index is -0.248. The predicted octanol–water partition coefficient (Wildman–Crippen LogP) is 4.59. The average Bonchev–Trinajstić information content (AvgIpc) is 3.45. The van der Waals surface area contributed by atoms with E-state index in [2.05, 4.69) is 36.9 Å². The fourth-order valence-corrected chi connectivity index (χ4v) is 4.01.